The van der Waals surface area contributed by atoms with Crippen molar-refractivity contribution in [3.63, 3.8) is 0 Å². The first-order valence-corrected chi connectivity index (χ1v) is 8.81. The molecule has 140 valence electrons. The lowest BCUT2D eigenvalue weighted by Gasteiger charge is -2.27. The molecule has 2 heterocycles. The number of ether oxygens (including phenoxy) is 1. The summed E-state index contributed by atoms with van der Waals surface area (Å²) in [4.78, 5) is 13.0. The summed E-state index contributed by atoms with van der Waals surface area (Å²) >= 11 is 0. The molecule has 6 heteroatoms. The van der Waals surface area contributed by atoms with Gasteiger partial charge in [0, 0.05) is 11.1 Å². The van der Waals surface area contributed by atoms with Gasteiger partial charge in [0.15, 0.2) is 5.60 Å². The average Bonchev–Trinajstić information content (AvgIpc) is 3.11. The smallest absolute Gasteiger partial charge is 0.230 e. The van der Waals surface area contributed by atoms with Gasteiger partial charge in [0.25, 0.3) is 0 Å². The topological polar surface area (TPSA) is 84.8 Å². The first-order chi connectivity index (χ1) is 13.1. The van der Waals surface area contributed by atoms with Crippen molar-refractivity contribution in [3.8, 4) is 5.75 Å². The molecule has 4 rings (SSSR count). The highest BCUT2D eigenvalue weighted by Gasteiger charge is 2.53. The van der Waals surface area contributed by atoms with E-state index in [1.54, 1.807) is 25.3 Å². The molecule has 0 aliphatic heterocycles. The van der Waals surface area contributed by atoms with Gasteiger partial charge in [-0.3, -0.25) is 4.79 Å². The summed E-state index contributed by atoms with van der Waals surface area (Å²) in [7, 11) is 1.60. The van der Waals surface area contributed by atoms with Crippen LogP contribution in [0.5, 0.6) is 5.75 Å². The Labute approximate surface area is 156 Å². The van der Waals surface area contributed by atoms with Gasteiger partial charge >= 0.3 is 0 Å². The third-order valence-electron chi connectivity index (χ3n) is 5.24. The summed E-state index contributed by atoms with van der Waals surface area (Å²) in [6.45, 7) is -0.0320. The molecule has 1 aliphatic rings. The predicted octanol–water partition coefficient (Wildman–Crippen LogP) is 2.97. The van der Waals surface area contributed by atoms with Gasteiger partial charge in [0.2, 0.25) is 5.91 Å². The van der Waals surface area contributed by atoms with Crippen molar-refractivity contribution in [2.24, 2.45) is 0 Å². The van der Waals surface area contributed by atoms with E-state index in [1.807, 2.05) is 24.3 Å². The number of amides is 1. The molecule has 3 aromatic rings. The monoisotopic (exact) mass is 367 g/mol. The second-order valence-electron chi connectivity index (χ2n) is 6.81. The molecule has 1 amide bonds. The molecule has 1 saturated carbocycles. The van der Waals surface area contributed by atoms with E-state index in [4.69, 9.17) is 13.6 Å². The molecule has 2 N–H and O–H groups in total. The van der Waals surface area contributed by atoms with Gasteiger partial charge in [-0.25, -0.2) is 0 Å². The molecule has 0 spiro atoms. The predicted molar refractivity (Wildman–Crippen MR) is 97.3 cm³/mol. The standard InChI is InChI=1S/C21H21NO5/c1-25-17-6-3-2-5-16(17)20(9-10-20)19(23)22-14-21(24,15-8-12-26-13-15)18-7-4-11-27-18/h2-8,11-13,24H,9-10,14H2,1H3,(H,22,23)/t21-/m1/s1. The van der Waals surface area contributed by atoms with Crippen LogP contribution in [0, 0.1) is 0 Å². The Morgan fingerprint density at radius 1 is 1.22 bits per heavy atom. The van der Waals surface area contributed by atoms with Crippen molar-refractivity contribution in [3.05, 3.63) is 78.1 Å². The SMILES string of the molecule is COc1ccccc1C1(C(=O)NC[C@@](O)(c2ccoc2)c2ccco2)CC1. The molecule has 27 heavy (non-hydrogen) atoms. The van der Waals surface area contributed by atoms with Crippen LogP contribution in [0.4, 0.5) is 0 Å². The quantitative estimate of drug-likeness (QED) is 0.671. The van der Waals surface area contributed by atoms with E-state index >= 15 is 0 Å². The molecule has 0 bridgehead atoms. The van der Waals surface area contributed by atoms with Crippen LogP contribution in [0.25, 0.3) is 0 Å². The normalized spacial score (nSPS) is 17.1. The van der Waals surface area contributed by atoms with Crippen LogP contribution in [0.2, 0.25) is 0 Å². The zero-order chi connectivity index (χ0) is 18.9. The molecular weight excluding hydrogens is 346 g/mol. The van der Waals surface area contributed by atoms with Crippen molar-refractivity contribution >= 4 is 5.91 Å². The Kier molecular flexibility index (Phi) is 4.28. The minimum absolute atomic E-state index is 0.0320. The molecular formula is C21H21NO5. The zero-order valence-electron chi connectivity index (χ0n) is 15.0. The minimum atomic E-state index is -1.51. The van der Waals surface area contributed by atoms with Gasteiger partial charge < -0.3 is 24.0 Å². The van der Waals surface area contributed by atoms with E-state index in [9.17, 15) is 9.90 Å². The van der Waals surface area contributed by atoms with Gasteiger partial charge in [0.05, 0.1) is 37.9 Å². The van der Waals surface area contributed by atoms with Gasteiger partial charge in [-0.15, -0.1) is 0 Å². The number of carbonyl (C=O) groups is 1. The Balaban J connectivity index is 1.58. The lowest BCUT2D eigenvalue weighted by Crippen LogP contribution is -2.45. The fourth-order valence-electron chi connectivity index (χ4n) is 3.51. The fourth-order valence-corrected chi connectivity index (χ4v) is 3.51. The summed E-state index contributed by atoms with van der Waals surface area (Å²) in [5, 5.41) is 14.2. The molecule has 6 nitrogen and oxygen atoms in total. The van der Waals surface area contributed by atoms with E-state index in [2.05, 4.69) is 5.32 Å². The molecule has 2 aromatic heterocycles. The first kappa shape index (κ1) is 17.4. The van der Waals surface area contributed by atoms with Gasteiger partial charge in [-0.05, 0) is 37.1 Å². The first-order valence-electron chi connectivity index (χ1n) is 8.81. The maximum atomic E-state index is 13.0. The molecule has 0 saturated heterocycles. The molecule has 0 unspecified atom stereocenters. The molecule has 1 aliphatic carbocycles. The Morgan fingerprint density at radius 2 is 2.04 bits per heavy atom. The van der Waals surface area contributed by atoms with Crippen LogP contribution in [0.1, 0.15) is 29.7 Å². The van der Waals surface area contributed by atoms with Gasteiger partial charge in [0.1, 0.15) is 11.5 Å². The van der Waals surface area contributed by atoms with Crippen molar-refractivity contribution in [2.45, 2.75) is 23.9 Å². The molecule has 1 fully saturated rings. The van der Waals surface area contributed by atoms with Crippen molar-refractivity contribution in [1.82, 2.24) is 5.32 Å². The molecule has 1 aromatic carbocycles. The number of para-hydroxylation sites is 1. The number of rotatable bonds is 7. The highest BCUT2D eigenvalue weighted by Crippen LogP contribution is 2.51. The highest BCUT2D eigenvalue weighted by atomic mass is 16.5. The van der Waals surface area contributed by atoms with Gasteiger partial charge in [-0.2, -0.15) is 0 Å². The Hall–Kier alpha value is -2.99. The van der Waals surface area contributed by atoms with Crippen LogP contribution in [0.15, 0.2) is 70.1 Å². The summed E-state index contributed by atoms with van der Waals surface area (Å²) in [5.74, 6) is 0.896. The van der Waals surface area contributed by atoms with Crippen molar-refractivity contribution in [1.29, 1.82) is 0 Å². The average molecular weight is 367 g/mol. The maximum Gasteiger partial charge on any atom is 0.230 e. The number of benzene rings is 1. The lowest BCUT2D eigenvalue weighted by atomic mass is 9.91. The van der Waals surface area contributed by atoms with E-state index in [-0.39, 0.29) is 12.5 Å². The van der Waals surface area contributed by atoms with Crippen molar-refractivity contribution < 1.29 is 23.5 Å². The van der Waals surface area contributed by atoms with E-state index < -0.39 is 11.0 Å². The number of aliphatic hydroxyl groups is 1. The van der Waals surface area contributed by atoms with Crippen LogP contribution in [-0.2, 0) is 15.8 Å². The number of hydrogen-bond donors (Lipinski definition) is 2. The van der Waals surface area contributed by atoms with E-state index in [1.165, 1.54) is 18.8 Å². The highest BCUT2D eigenvalue weighted by molar-refractivity contribution is 5.92. The van der Waals surface area contributed by atoms with Crippen LogP contribution >= 0.6 is 0 Å². The summed E-state index contributed by atoms with van der Waals surface area (Å²) in [6.07, 6.45) is 5.89. The van der Waals surface area contributed by atoms with Crippen molar-refractivity contribution in [2.75, 3.05) is 13.7 Å². The maximum absolute atomic E-state index is 13.0. The third kappa shape index (κ3) is 2.92. The molecule has 1 atom stereocenters. The number of furan rings is 2. The number of methoxy groups -OCH3 is 1. The number of carbonyl (C=O) groups excluding carboxylic acids is 1. The second kappa shape index (κ2) is 6.63. The van der Waals surface area contributed by atoms with Crippen LogP contribution in [0.3, 0.4) is 0 Å². The summed E-state index contributed by atoms with van der Waals surface area (Å²) in [5.41, 5.74) is -0.745. The van der Waals surface area contributed by atoms with Crippen LogP contribution < -0.4 is 10.1 Å². The largest absolute Gasteiger partial charge is 0.496 e. The Morgan fingerprint density at radius 3 is 2.67 bits per heavy atom. The van der Waals surface area contributed by atoms with E-state index in [0.717, 1.165) is 18.4 Å². The van der Waals surface area contributed by atoms with Crippen LogP contribution in [-0.4, -0.2) is 24.7 Å². The second-order valence-corrected chi connectivity index (χ2v) is 6.81. The minimum Gasteiger partial charge on any atom is -0.496 e. The number of hydrogen-bond acceptors (Lipinski definition) is 5. The lowest BCUT2D eigenvalue weighted by molar-refractivity contribution is -0.124. The van der Waals surface area contributed by atoms with E-state index in [0.29, 0.717) is 17.1 Å². The fraction of sp³-hybridized carbons (Fsp3) is 0.286. The number of nitrogens with one attached hydrogen (secondary N) is 1. The third-order valence-corrected chi connectivity index (χ3v) is 5.24. The summed E-state index contributed by atoms with van der Waals surface area (Å²) < 4.78 is 16.0. The van der Waals surface area contributed by atoms with Gasteiger partial charge in [-0.1, -0.05) is 18.2 Å². The Bertz CT molecular complexity index is 876. The molecule has 0 radical (unpaired) electrons. The zero-order valence-corrected chi connectivity index (χ0v) is 15.0. The summed E-state index contributed by atoms with van der Waals surface area (Å²) in [6, 6.07) is 12.6.